The van der Waals surface area contributed by atoms with E-state index in [4.69, 9.17) is 0 Å². The minimum atomic E-state index is -3.43. The molecular formula is C5H10N4O2S. The highest BCUT2D eigenvalue weighted by Gasteiger charge is 2.14. The third-order valence-corrected chi connectivity index (χ3v) is 2.54. The van der Waals surface area contributed by atoms with Gasteiger partial charge in [0.15, 0.2) is 0 Å². The average Bonchev–Trinajstić information content (AvgIpc) is 2.32. The summed E-state index contributed by atoms with van der Waals surface area (Å²) in [6, 6.07) is 0. The summed E-state index contributed by atoms with van der Waals surface area (Å²) in [6.07, 6.45) is 2.55. The normalized spacial score (nSPS) is 12.2. The summed E-state index contributed by atoms with van der Waals surface area (Å²) in [6.45, 7) is 0. The van der Waals surface area contributed by atoms with Gasteiger partial charge in [-0.3, -0.25) is 5.10 Å². The van der Waals surface area contributed by atoms with E-state index in [-0.39, 0.29) is 4.90 Å². The lowest BCUT2D eigenvalue weighted by Gasteiger charge is -2.10. The van der Waals surface area contributed by atoms with Gasteiger partial charge in [-0.25, -0.2) is 13.4 Å². The van der Waals surface area contributed by atoms with Crippen molar-refractivity contribution >= 4 is 10.0 Å². The molecule has 0 unspecified atom stereocenters. The number of nitrogens with one attached hydrogen (secondary N) is 2. The molecule has 0 fully saturated rings. The summed E-state index contributed by atoms with van der Waals surface area (Å²) in [5.41, 5.74) is 0. The number of aromatic amines is 1. The Morgan fingerprint density at radius 1 is 1.58 bits per heavy atom. The van der Waals surface area contributed by atoms with Gasteiger partial charge in [0.1, 0.15) is 4.90 Å². The van der Waals surface area contributed by atoms with Crippen molar-refractivity contribution in [2.45, 2.75) is 4.90 Å². The largest absolute Gasteiger partial charge is 0.284 e. The smallest absolute Gasteiger partial charge is 0.256 e. The molecule has 0 spiro atoms. The van der Waals surface area contributed by atoms with Crippen LogP contribution in [0.4, 0.5) is 0 Å². The third-order valence-electron chi connectivity index (χ3n) is 1.09. The van der Waals surface area contributed by atoms with Crippen molar-refractivity contribution in [1.82, 2.24) is 20.0 Å². The molecule has 6 nitrogen and oxygen atoms in total. The van der Waals surface area contributed by atoms with Crippen LogP contribution in [0.2, 0.25) is 0 Å². The molecule has 0 atom stereocenters. The van der Waals surface area contributed by atoms with Crippen LogP contribution in [0.3, 0.4) is 0 Å². The Bertz CT molecular complexity index is 328. The fourth-order valence-electron chi connectivity index (χ4n) is 0.679. The van der Waals surface area contributed by atoms with Gasteiger partial charge in [0.25, 0.3) is 10.0 Å². The quantitative estimate of drug-likeness (QED) is 0.609. The van der Waals surface area contributed by atoms with Crippen LogP contribution in [0.1, 0.15) is 0 Å². The van der Waals surface area contributed by atoms with E-state index in [1.807, 2.05) is 0 Å². The molecule has 0 radical (unpaired) electrons. The number of nitrogens with zero attached hydrogens (tertiary/aromatic N) is 2. The highest BCUT2D eigenvalue weighted by atomic mass is 32.2. The van der Waals surface area contributed by atoms with Gasteiger partial charge in [-0.05, 0) is 0 Å². The van der Waals surface area contributed by atoms with Crippen molar-refractivity contribution in [3.8, 4) is 0 Å². The van der Waals surface area contributed by atoms with E-state index in [0.717, 1.165) is 0 Å². The second kappa shape index (κ2) is 3.21. The molecule has 12 heavy (non-hydrogen) atoms. The van der Waals surface area contributed by atoms with Gasteiger partial charge in [-0.1, -0.05) is 0 Å². The van der Waals surface area contributed by atoms with E-state index < -0.39 is 10.0 Å². The van der Waals surface area contributed by atoms with Gasteiger partial charge < -0.3 is 0 Å². The summed E-state index contributed by atoms with van der Waals surface area (Å²) in [5.74, 6) is 0. The minimum absolute atomic E-state index is 0.121. The monoisotopic (exact) mass is 190 g/mol. The number of H-pyrrole nitrogens is 1. The number of hydrogen-bond acceptors (Lipinski definition) is 4. The van der Waals surface area contributed by atoms with E-state index in [2.05, 4.69) is 15.0 Å². The molecule has 0 aliphatic carbocycles. The van der Waals surface area contributed by atoms with E-state index in [1.165, 1.54) is 17.4 Å². The highest BCUT2D eigenvalue weighted by molar-refractivity contribution is 7.89. The van der Waals surface area contributed by atoms with Gasteiger partial charge in [0, 0.05) is 20.3 Å². The summed E-state index contributed by atoms with van der Waals surface area (Å²) in [5, 5.41) is 7.30. The molecule has 1 rings (SSSR count). The van der Waals surface area contributed by atoms with Crippen LogP contribution < -0.4 is 4.83 Å². The number of aromatic nitrogens is 2. The van der Waals surface area contributed by atoms with Crippen molar-refractivity contribution in [2.24, 2.45) is 0 Å². The highest BCUT2D eigenvalue weighted by Crippen LogP contribution is 2.03. The SMILES string of the molecule is CN(C)NS(=O)(=O)c1cn[nH]c1. The lowest BCUT2D eigenvalue weighted by Crippen LogP contribution is -2.35. The summed E-state index contributed by atoms with van der Waals surface area (Å²) >= 11 is 0. The number of sulfonamides is 1. The molecule has 1 heterocycles. The second-order valence-corrected chi connectivity index (χ2v) is 4.08. The van der Waals surface area contributed by atoms with Crippen LogP contribution in [-0.4, -0.2) is 37.7 Å². The number of hydrogen-bond donors (Lipinski definition) is 2. The van der Waals surface area contributed by atoms with Crippen LogP contribution >= 0.6 is 0 Å². The molecule has 0 aliphatic heterocycles. The van der Waals surface area contributed by atoms with Crippen molar-refractivity contribution in [3.05, 3.63) is 12.4 Å². The first-order valence-corrected chi connectivity index (χ1v) is 4.69. The van der Waals surface area contributed by atoms with Gasteiger partial charge in [-0.15, -0.1) is 4.83 Å². The molecule has 1 aromatic rings. The van der Waals surface area contributed by atoms with E-state index >= 15 is 0 Å². The third kappa shape index (κ3) is 2.03. The molecule has 0 saturated heterocycles. The predicted molar refractivity (Wildman–Crippen MR) is 42.6 cm³/mol. The average molecular weight is 190 g/mol. The van der Waals surface area contributed by atoms with Gasteiger partial charge >= 0.3 is 0 Å². The fourth-order valence-corrected chi connectivity index (χ4v) is 1.66. The zero-order valence-electron chi connectivity index (χ0n) is 6.77. The Balaban J connectivity index is 2.88. The molecule has 0 bridgehead atoms. The number of rotatable bonds is 3. The standard InChI is InChI=1S/C5H10N4O2S/c1-9(2)8-12(10,11)5-3-6-7-4-5/h3-4,8H,1-2H3,(H,6,7). The zero-order valence-corrected chi connectivity index (χ0v) is 7.59. The summed E-state index contributed by atoms with van der Waals surface area (Å²) in [4.78, 5) is 2.39. The topological polar surface area (TPSA) is 78.1 Å². The van der Waals surface area contributed by atoms with E-state index in [9.17, 15) is 8.42 Å². The summed E-state index contributed by atoms with van der Waals surface area (Å²) < 4.78 is 22.6. The molecule has 0 amide bonds. The zero-order chi connectivity index (χ0) is 9.19. The first-order valence-electron chi connectivity index (χ1n) is 3.21. The molecule has 0 saturated carbocycles. The molecule has 1 aromatic heterocycles. The first kappa shape index (κ1) is 9.17. The van der Waals surface area contributed by atoms with Gasteiger partial charge in [0.2, 0.25) is 0 Å². The lowest BCUT2D eigenvalue weighted by atomic mass is 10.7. The molecule has 7 heteroatoms. The first-order chi connectivity index (χ1) is 5.52. The Labute approximate surface area is 70.6 Å². The molecule has 68 valence electrons. The Kier molecular flexibility index (Phi) is 2.46. The molecule has 0 aromatic carbocycles. The fraction of sp³-hybridized carbons (Fsp3) is 0.400. The van der Waals surface area contributed by atoms with Crippen LogP contribution in [0.5, 0.6) is 0 Å². The van der Waals surface area contributed by atoms with Crippen molar-refractivity contribution in [1.29, 1.82) is 0 Å². The Morgan fingerprint density at radius 3 is 2.67 bits per heavy atom. The van der Waals surface area contributed by atoms with Gasteiger partial charge in [-0.2, -0.15) is 5.10 Å². The van der Waals surface area contributed by atoms with Crippen LogP contribution in [0.15, 0.2) is 17.3 Å². The molecule has 0 aliphatic rings. The van der Waals surface area contributed by atoms with Crippen LogP contribution in [-0.2, 0) is 10.0 Å². The van der Waals surface area contributed by atoms with Gasteiger partial charge in [0.05, 0.1) is 6.20 Å². The maximum atomic E-state index is 11.3. The molecular weight excluding hydrogens is 180 g/mol. The van der Waals surface area contributed by atoms with Crippen molar-refractivity contribution in [2.75, 3.05) is 14.1 Å². The summed E-state index contributed by atoms with van der Waals surface area (Å²) in [7, 11) is -0.244. The second-order valence-electron chi connectivity index (χ2n) is 2.42. The molecule has 2 N–H and O–H groups in total. The lowest BCUT2D eigenvalue weighted by molar-refractivity contribution is 0.364. The Morgan fingerprint density at radius 2 is 2.25 bits per heavy atom. The van der Waals surface area contributed by atoms with E-state index in [0.29, 0.717) is 0 Å². The maximum absolute atomic E-state index is 11.3. The minimum Gasteiger partial charge on any atom is -0.284 e. The van der Waals surface area contributed by atoms with E-state index in [1.54, 1.807) is 14.1 Å². The van der Waals surface area contributed by atoms with Crippen molar-refractivity contribution in [3.63, 3.8) is 0 Å². The van der Waals surface area contributed by atoms with Crippen molar-refractivity contribution < 1.29 is 8.42 Å². The predicted octanol–water partition coefficient (Wildman–Crippen LogP) is -0.835. The number of hydrazine groups is 1. The van der Waals surface area contributed by atoms with Crippen LogP contribution in [0, 0.1) is 0 Å². The Hall–Kier alpha value is -0.920. The van der Waals surface area contributed by atoms with Crippen LogP contribution in [0.25, 0.3) is 0 Å². The maximum Gasteiger partial charge on any atom is 0.256 e.